The van der Waals surface area contributed by atoms with Gasteiger partial charge in [0.1, 0.15) is 6.61 Å². The molecule has 8 heteroatoms. The predicted molar refractivity (Wildman–Crippen MR) is 118 cm³/mol. The number of nitrogens with zero attached hydrogens (tertiary/aromatic N) is 2. The molecule has 160 valence electrons. The first-order chi connectivity index (χ1) is 15.0. The third-order valence-corrected chi connectivity index (χ3v) is 4.06. The summed E-state index contributed by atoms with van der Waals surface area (Å²) in [6.45, 7) is 6.12. The Morgan fingerprint density at radius 1 is 1.32 bits per heavy atom. The molecule has 0 saturated heterocycles. The number of nitro groups is 1. The van der Waals surface area contributed by atoms with Gasteiger partial charge in [0.25, 0.3) is 5.69 Å². The highest BCUT2D eigenvalue weighted by Crippen LogP contribution is 2.33. The number of nitro benzene ring substituents is 1. The van der Waals surface area contributed by atoms with E-state index in [9.17, 15) is 14.9 Å². The van der Waals surface area contributed by atoms with Crippen molar-refractivity contribution in [1.29, 1.82) is 0 Å². The Balaban J connectivity index is 2.17. The zero-order chi connectivity index (χ0) is 22.6. The van der Waals surface area contributed by atoms with Crippen LogP contribution in [0.4, 0.5) is 5.69 Å². The SMILES string of the molecule is C#CCOc1c(CC=C)cc(/C=N/NC(=O)Cc2ccccc2[N+](=O)[O-])cc1OCC. The summed E-state index contributed by atoms with van der Waals surface area (Å²) in [7, 11) is 0. The standard InChI is InChI=1S/C23H23N3O5/c1-4-9-19-13-17(14-21(30-6-3)23(19)31-12-5-2)16-24-25-22(27)15-18-10-7-8-11-20(18)26(28)29/h2,4,7-8,10-11,13-14,16H,1,6,9,12,15H2,3H3,(H,25,27)/b24-16+. The summed E-state index contributed by atoms with van der Waals surface area (Å²) in [4.78, 5) is 22.7. The molecule has 2 aromatic rings. The second-order valence-electron chi connectivity index (χ2n) is 6.28. The molecule has 0 saturated carbocycles. The number of nitrogens with one attached hydrogen (secondary N) is 1. The lowest BCUT2D eigenvalue weighted by molar-refractivity contribution is -0.385. The number of rotatable bonds is 11. The number of hydrazone groups is 1. The molecule has 1 amide bonds. The zero-order valence-electron chi connectivity index (χ0n) is 17.2. The number of carbonyl (C=O) groups is 1. The molecule has 0 spiro atoms. The molecule has 0 aliphatic heterocycles. The Hall–Kier alpha value is -4.12. The zero-order valence-corrected chi connectivity index (χ0v) is 17.2. The molecule has 0 radical (unpaired) electrons. The number of terminal acetylenes is 1. The molecule has 0 unspecified atom stereocenters. The Kier molecular flexibility index (Phi) is 8.80. The van der Waals surface area contributed by atoms with Crippen LogP contribution in [0, 0.1) is 22.5 Å². The van der Waals surface area contributed by atoms with Gasteiger partial charge < -0.3 is 9.47 Å². The Labute approximate surface area is 180 Å². The van der Waals surface area contributed by atoms with Crippen LogP contribution in [0.5, 0.6) is 11.5 Å². The number of hydrogen-bond acceptors (Lipinski definition) is 6. The fourth-order valence-electron chi connectivity index (χ4n) is 2.84. The maximum atomic E-state index is 12.2. The summed E-state index contributed by atoms with van der Waals surface area (Å²) in [6.07, 6.45) is 8.83. The smallest absolute Gasteiger partial charge is 0.273 e. The van der Waals surface area contributed by atoms with Crippen molar-refractivity contribution in [3.05, 3.63) is 75.9 Å². The normalized spacial score (nSPS) is 10.3. The summed E-state index contributed by atoms with van der Waals surface area (Å²) in [5.74, 6) is 2.99. The number of ether oxygens (including phenoxy) is 2. The fraction of sp³-hybridized carbons (Fsp3) is 0.217. The van der Waals surface area contributed by atoms with Gasteiger partial charge in [-0.15, -0.1) is 13.0 Å². The van der Waals surface area contributed by atoms with Crippen LogP contribution in [0.1, 0.15) is 23.6 Å². The van der Waals surface area contributed by atoms with Gasteiger partial charge in [0.2, 0.25) is 5.91 Å². The monoisotopic (exact) mass is 421 g/mol. The Morgan fingerprint density at radius 3 is 2.77 bits per heavy atom. The molecule has 8 nitrogen and oxygen atoms in total. The number of benzene rings is 2. The highest BCUT2D eigenvalue weighted by molar-refractivity contribution is 5.85. The first-order valence-electron chi connectivity index (χ1n) is 9.51. The third kappa shape index (κ3) is 6.72. The number of amides is 1. The molecule has 2 aromatic carbocycles. The van der Waals surface area contributed by atoms with Gasteiger partial charge in [0, 0.05) is 17.2 Å². The molecule has 0 fully saturated rings. The maximum Gasteiger partial charge on any atom is 0.273 e. The highest BCUT2D eigenvalue weighted by atomic mass is 16.6. The van der Waals surface area contributed by atoms with Crippen LogP contribution in [0.3, 0.4) is 0 Å². The van der Waals surface area contributed by atoms with Gasteiger partial charge in [-0.1, -0.05) is 30.2 Å². The number of allylic oxidation sites excluding steroid dienone is 1. The Morgan fingerprint density at radius 2 is 2.10 bits per heavy atom. The predicted octanol–water partition coefficient (Wildman–Crippen LogP) is 3.43. The summed E-state index contributed by atoms with van der Waals surface area (Å²) in [6, 6.07) is 9.62. The van der Waals surface area contributed by atoms with Crippen molar-refractivity contribution in [1.82, 2.24) is 5.43 Å². The third-order valence-electron chi connectivity index (χ3n) is 4.06. The molecule has 0 atom stereocenters. The number of hydrogen-bond donors (Lipinski definition) is 1. The van der Waals surface area contributed by atoms with Crippen LogP contribution < -0.4 is 14.9 Å². The highest BCUT2D eigenvalue weighted by Gasteiger charge is 2.15. The van der Waals surface area contributed by atoms with E-state index in [0.29, 0.717) is 35.7 Å². The van der Waals surface area contributed by atoms with Gasteiger partial charge in [0.05, 0.1) is 24.2 Å². The van der Waals surface area contributed by atoms with E-state index in [1.165, 1.54) is 18.3 Å². The summed E-state index contributed by atoms with van der Waals surface area (Å²) >= 11 is 0. The van der Waals surface area contributed by atoms with Gasteiger partial charge in [-0.2, -0.15) is 5.10 Å². The second-order valence-corrected chi connectivity index (χ2v) is 6.28. The topological polar surface area (TPSA) is 103 Å². The van der Waals surface area contributed by atoms with Crippen molar-refractivity contribution < 1.29 is 19.2 Å². The first-order valence-corrected chi connectivity index (χ1v) is 9.51. The Bertz CT molecular complexity index is 1020. The van der Waals surface area contributed by atoms with Gasteiger partial charge >= 0.3 is 0 Å². The molecule has 0 bridgehead atoms. The van der Waals surface area contributed by atoms with Crippen molar-refractivity contribution in [2.75, 3.05) is 13.2 Å². The van der Waals surface area contributed by atoms with Crippen LogP contribution >= 0.6 is 0 Å². The molecule has 1 N–H and O–H groups in total. The number of carbonyl (C=O) groups excluding carboxylic acids is 1. The minimum absolute atomic E-state index is 0.0966. The van der Waals surface area contributed by atoms with Crippen molar-refractivity contribution in [2.24, 2.45) is 5.10 Å². The van der Waals surface area contributed by atoms with Gasteiger partial charge in [0.15, 0.2) is 11.5 Å². The van der Waals surface area contributed by atoms with E-state index in [0.717, 1.165) is 5.56 Å². The molecule has 0 aliphatic carbocycles. The molecule has 0 aromatic heterocycles. The van der Waals surface area contributed by atoms with Crippen molar-refractivity contribution >= 4 is 17.8 Å². The molecule has 2 rings (SSSR count). The average molecular weight is 421 g/mol. The molecular weight excluding hydrogens is 398 g/mol. The molecule has 0 heterocycles. The van der Waals surface area contributed by atoms with Crippen molar-refractivity contribution in [3.63, 3.8) is 0 Å². The van der Waals surface area contributed by atoms with E-state index >= 15 is 0 Å². The average Bonchev–Trinajstić information content (AvgIpc) is 2.74. The van der Waals surface area contributed by atoms with E-state index < -0.39 is 10.8 Å². The summed E-state index contributed by atoms with van der Waals surface area (Å²) < 4.78 is 11.3. The minimum atomic E-state index is -0.522. The van der Waals surface area contributed by atoms with E-state index in [2.05, 4.69) is 23.0 Å². The largest absolute Gasteiger partial charge is 0.490 e. The summed E-state index contributed by atoms with van der Waals surface area (Å²) in [5.41, 5.74) is 4.06. The summed E-state index contributed by atoms with van der Waals surface area (Å²) in [5, 5.41) is 15.0. The maximum absolute atomic E-state index is 12.2. The van der Waals surface area contributed by atoms with E-state index in [1.54, 1.807) is 24.3 Å². The quantitative estimate of drug-likeness (QED) is 0.197. The van der Waals surface area contributed by atoms with Crippen molar-refractivity contribution in [3.8, 4) is 23.8 Å². The van der Waals surface area contributed by atoms with E-state index in [-0.39, 0.29) is 18.7 Å². The lowest BCUT2D eigenvalue weighted by atomic mass is 10.1. The van der Waals surface area contributed by atoms with Crippen LogP contribution in [-0.2, 0) is 17.6 Å². The lowest BCUT2D eigenvalue weighted by Gasteiger charge is -2.15. The van der Waals surface area contributed by atoms with Gasteiger partial charge in [-0.25, -0.2) is 5.43 Å². The van der Waals surface area contributed by atoms with Crippen molar-refractivity contribution in [2.45, 2.75) is 19.8 Å². The van der Waals surface area contributed by atoms with Gasteiger partial charge in [-0.3, -0.25) is 14.9 Å². The van der Waals surface area contributed by atoms with Crippen LogP contribution in [0.25, 0.3) is 0 Å². The minimum Gasteiger partial charge on any atom is -0.490 e. The number of para-hydroxylation sites is 1. The molecule has 0 aliphatic rings. The van der Waals surface area contributed by atoms with E-state index in [4.69, 9.17) is 15.9 Å². The van der Waals surface area contributed by atoms with Gasteiger partial charge in [-0.05, 0) is 31.0 Å². The van der Waals surface area contributed by atoms with E-state index in [1.807, 2.05) is 13.0 Å². The fourth-order valence-corrected chi connectivity index (χ4v) is 2.84. The van der Waals surface area contributed by atoms with Crippen LogP contribution in [-0.4, -0.2) is 30.3 Å². The second kappa shape index (κ2) is 11.8. The molecule has 31 heavy (non-hydrogen) atoms. The van der Waals surface area contributed by atoms with Crippen LogP contribution in [0.2, 0.25) is 0 Å². The first kappa shape index (κ1) is 23.2. The molecular formula is C23H23N3O5. The lowest BCUT2D eigenvalue weighted by Crippen LogP contribution is -2.20. The van der Waals surface area contributed by atoms with Crippen LogP contribution in [0.15, 0.2) is 54.2 Å².